The molecule has 0 spiro atoms. The van der Waals surface area contributed by atoms with Crippen molar-refractivity contribution in [2.24, 2.45) is 0 Å². The van der Waals surface area contributed by atoms with Crippen molar-refractivity contribution in [2.75, 3.05) is 5.32 Å². The molecule has 1 N–H and O–H groups in total. The van der Waals surface area contributed by atoms with Crippen LogP contribution in [-0.4, -0.2) is 15.0 Å². The maximum atomic E-state index is 4.54. The van der Waals surface area contributed by atoms with E-state index in [1.54, 1.807) is 17.9 Å². The van der Waals surface area contributed by atoms with E-state index in [0.717, 1.165) is 22.8 Å². The zero-order chi connectivity index (χ0) is 14.7. The van der Waals surface area contributed by atoms with Gasteiger partial charge in [-0.2, -0.15) is 0 Å². The van der Waals surface area contributed by atoms with Crippen molar-refractivity contribution in [1.29, 1.82) is 0 Å². The van der Waals surface area contributed by atoms with E-state index in [2.05, 4.69) is 52.3 Å². The first-order valence-corrected chi connectivity index (χ1v) is 7.72. The fourth-order valence-corrected chi connectivity index (χ4v) is 2.66. The Balaban J connectivity index is 1.87. The molecule has 3 aromatic rings. The molecule has 0 saturated carbocycles. The summed E-state index contributed by atoms with van der Waals surface area (Å²) in [5.41, 5.74) is 5.41. The molecule has 2 heterocycles. The Hall–Kier alpha value is -2.27. The number of aryl methyl sites for hydroxylation is 2. The molecule has 21 heavy (non-hydrogen) atoms. The van der Waals surface area contributed by atoms with E-state index in [9.17, 15) is 0 Å². The standard InChI is InChI=1S/C16H16N4S/c1-3-12-4-5-13(11(2)8-12)19-15-6-7-18-16(20-15)14-9-17-10-21-14/h4-10H,3H2,1-2H3,(H,18,19,20). The van der Waals surface area contributed by atoms with Crippen molar-refractivity contribution in [2.45, 2.75) is 20.3 Å². The van der Waals surface area contributed by atoms with Crippen molar-refractivity contribution in [1.82, 2.24) is 15.0 Å². The molecule has 0 saturated heterocycles. The van der Waals surface area contributed by atoms with Gasteiger partial charge in [0.2, 0.25) is 0 Å². The largest absolute Gasteiger partial charge is 0.340 e. The smallest absolute Gasteiger partial charge is 0.173 e. The van der Waals surface area contributed by atoms with Crippen LogP contribution in [-0.2, 0) is 6.42 Å². The van der Waals surface area contributed by atoms with Gasteiger partial charge in [-0.1, -0.05) is 19.1 Å². The second-order valence-corrected chi connectivity index (χ2v) is 5.65. The summed E-state index contributed by atoms with van der Waals surface area (Å²) in [7, 11) is 0. The Morgan fingerprint density at radius 1 is 1.24 bits per heavy atom. The minimum absolute atomic E-state index is 0.699. The van der Waals surface area contributed by atoms with E-state index in [4.69, 9.17) is 0 Å². The van der Waals surface area contributed by atoms with Crippen LogP contribution in [0.3, 0.4) is 0 Å². The molecule has 0 atom stereocenters. The molecular weight excluding hydrogens is 280 g/mol. The van der Waals surface area contributed by atoms with E-state index >= 15 is 0 Å². The third kappa shape index (κ3) is 3.08. The molecule has 0 aliphatic heterocycles. The lowest BCUT2D eigenvalue weighted by Gasteiger charge is -2.10. The summed E-state index contributed by atoms with van der Waals surface area (Å²) < 4.78 is 0. The van der Waals surface area contributed by atoms with Gasteiger partial charge in [0.15, 0.2) is 5.82 Å². The first kappa shape index (κ1) is 13.7. The van der Waals surface area contributed by atoms with Gasteiger partial charge in [0.05, 0.1) is 10.4 Å². The average Bonchev–Trinajstić information content (AvgIpc) is 3.04. The van der Waals surface area contributed by atoms with Gasteiger partial charge < -0.3 is 5.32 Å². The Bertz CT molecular complexity index is 738. The number of nitrogens with zero attached hydrogens (tertiary/aromatic N) is 3. The van der Waals surface area contributed by atoms with Gasteiger partial charge in [-0.05, 0) is 36.6 Å². The van der Waals surface area contributed by atoms with Gasteiger partial charge in [0.1, 0.15) is 5.82 Å². The molecule has 106 valence electrons. The van der Waals surface area contributed by atoms with E-state index in [1.807, 2.05) is 6.07 Å². The minimum Gasteiger partial charge on any atom is -0.340 e. The molecule has 0 amide bonds. The van der Waals surface area contributed by atoms with Crippen molar-refractivity contribution in [3.8, 4) is 10.7 Å². The second-order valence-electron chi connectivity index (χ2n) is 4.76. The summed E-state index contributed by atoms with van der Waals surface area (Å²) in [4.78, 5) is 13.9. The van der Waals surface area contributed by atoms with Crippen LogP contribution in [0.15, 0.2) is 42.2 Å². The van der Waals surface area contributed by atoms with Crippen molar-refractivity contribution in [3.05, 3.63) is 53.3 Å². The summed E-state index contributed by atoms with van der Waals surface area (Å²) in [6, 6.07) is 8.31. The predicted octanol–water partition coefficient (Wildman–Crippen LogP) is 4.21. The number of nitrogens with one attached hydrogen (secondary N) is 1. The highest BCUT2D eigenvalue weighted by molar-refractivity contribution is 7.13. The second kappa shape index (κ2) is 6.01. The van der Waals surface area contributed by atoms with Gasteiger partial charge >= 0.3 is 0 Å². The van der Waals surface area contributed by atoms with Gasteiger partial charge in [-0.3, -0.25) is 4.98 Å². The molecule has 0 radical (unpaired) electrons. The first-order chi connectivity index (χ1) is 10.3. The Morgan fingerprint density at radius 2 is 2.14 bits per heavy atom. The molecule has 3 rings (SSSR count). The van der Waals surface area contributed by atoms with Crippen molar-refractivity contribution in [3.63, 3.8) is 0 Å². The molecule has 0 aliphatic rings. The highest BCUT2D eigenvalue weighted by atomic mass is 32.1. The number of anilines is 2. The van der Waals surface area contributed by atoms with Crippen LogP contribution in [0.1, 0.15) is 18.1 Å². The lowest BCUT2D eigenvalue weighted by atomic mass is 10.1. The van der Waals surface area contributed by atoms with E-state index in [1.165, 1.54) is 22.5 Å². The normalized spacial score (nSPS) is 10.6. The summed E-state index contributed by atoms with van der Waals surface area (Å²) >= 11 is 1.54. The predicted molar refractivity (Wildman–Crippen MR) is 87.0 cm³/mol. The number of aromatic nitrogens is 3. The third-order valence-corrected chi connectivity index (χ3v) is 4.04. The fraction of sp³-hybridized carbons (Fsp3) is 0.188. The maximum absolute atomic E-state index is 4.54. The van der Waals surface area contributed by atoms with Crippen LogP contribution >= 0.6 is 11.3 Å². The van der Waals surface area contributed by atoms with Crippen molar-refractivity contribution < 1.29 is 0 Å². The number of benzene rings is 1. The third-order valence-electron chi connectivity index (χ3n) is 3.27. The quantitative estimate of drug-likeness (QED) is 0.783. The molecular formula is C16H16N4S. The first-order valence-electron chi connectivity index (χ1n) is 6.84. The molecule has 2 aromatic heterocycles. The van der Waals surface area contributed by atoms with Crippen LogP contribution in [0.25, 0.3) is 10.7 Å². The average molecular weight is 296 g/mol. The Labute approximate surface area is 127 Å². The van der Waals surface area contributed by atoms with E-state index in [0.29, 0.717) is 5.82 Å². The molecule has 5 heteroatoms. The lowest BCUT2D eigenvalue weighted by Crippen LogP contribution is -1.98. The fourth-order valence-electron chi connectivity index (χ4n) is 2.10. The topological polar surface area (TPSA) is 50.7 Å². The molecule has 0 fully saturated rings. The van der Waals surface area contributed by atoms with Crippen LogP contribution in [0.5, 0.6) is 0 Å². The summed E-state index contributed by atoms with van der Waals surface area (Å²) in [6.07, 6.45) is 4.59. The molecule has 0 aliphatic carbocycles. The summed E-state index contributed by atoms with van der Waals surface area (Å²) in [6.45, 7) is 4.26. The molecule has 1 aromatic carbocycles. The van der Waals surface area contributed by atoms with Gasteiger partial charge in [-0.25, -0.2) is 9.97 Å². The zero-order valence-corrected chi connectivity index (χ0v) is 12.8. The highest BCUT2D eigenvalue weighted by Crippen LogP contribution is 2.23. The number of rotatable bonds is 4. The van der Waals surface area contributed by atoms with Gasteiger partial charge in [0, 0.05) is 18.1 Å². The lowest BCUT2D eigenvalue weighted by molar-refractivity contribution is 1.13. The number of thiazole rings is 1. The van der Waals surface area contributed by atoms with Crippen LogP contribution in [0.4, 0.5) is 11.5 Å². The summed E-state index contributed by atoms with van der Waals surface area (Å²) in [5.74, 6) is 1.49. The van der Waals surface area contributed by atoms with Gasteiger partial charge in [-0.15, -0.1) is 11.3 Å². The van der Waals surface area contributed by atoms with Crippen molar-refractivity contribution >= 4 is 22.8 Å². The van der Waals surface area contributed by atoms with Crippen LogP contribution < -0.4 is 5.32 Å². The molecule has 4 nitrogen and oxygen atoms in total. The minimum atomic E-state index is 0.699. The molecule has 0 bridgehead atoms. The summed E-state index contributed by atoms with van der Waals surface area (Å²) in [5, 5.41) is 3.36. The maximum Gasteiger partial charge on any atom is 0.173 e. The van der Waals surface area contributed by atoms with Gasteiger partial charge in [0.25, 0.3) is 0 Å². The number of hydrogen-bond acceptors (Lipinski definition) is 5. The van der Waals surface area contributed by atoms with Crippen LogP contribution in [0, 0.1) is 6.92 Å². The van der Waals surface area contributed by atoms with E-state index < -0.39 is 0 Å². The Kier molecular flexibility index (Phi) is 3.92. The molecule has 0 unspecified atom stereocenters. The van der Waals surface area contributed by atoms with Crippen LogP contribution in [0.2, 0.25) is 0 Å². The Morgan fingerprint density at radius 3 is 2.86 bits per heavy atom. The SMILES string of the molecule is CCc1ccc(Nc2ccnc(-c3cncs3)n2)c(C)c1. The highest BCUT2D eigenvalue weighted by Gasteiger charge is 2.06. The monoisotopic (exact) mass is 296 g/mol. The number of hydrogen-bond donors (Lipinski definition) is 1. The zero-order valence-electron chi connectivity index (χ0n) is 12.0. The van der Waals surface area contributed by atoms with E-state index in [-0.39, 0.29) is 0 Å².